The minimum Gasteiger partial charge on any atom is -0.497 e. The van der Waals surface area contributed by atoms with Crippen LogP contribution in [0.1, 0.15) is 48.0 Å². The fourth-order valence-electron chi connectivity index (χ4n) is 5.05. The molecule has 2 aliphatic heterocycles. The number of methoxy groups -OCH3 is 2. The number of carbonyl (C=O) groups is 1. The molecule has 1 fully saturated rings. The van der Waals surface area contributed by atoms with Crippen molar-refractivity contribution in [3.05, 3.63) is 59.7 Å². The second-order valence-electron chi connectivity index (χ2n) is 8.95. The Morgan fingerprint density at radius 1 is 0.939 bits per heavy atom. The van der Waals surface area contributed by atoms with Gasteiger partial charge < -0.3 is 19.1 Å². The Balaban J connectivity index is 1.53. The summed E-state index contributed by atoms with van der Waals surface area (Å²) in [5.74, 6) is 1.61. The average Bonchev–Trinajstić information content (AvgIpc) is 2.87. The number of piperidine rings is 1. The lowest BCUT2D eigenvalue weighted by Gasteiger charge is -2.41. The number of rotatable bonds is 4. The van der Waals surface area contributed by atoms with Gasteiger partial charge in [-0.1, -0.05) is 30.7 Å². The largest absolute Gasteiger partial charge is 0.497 e. The molecular weight excluding hydrogens is 416 g/mol. The van der Waals surface area contributed by atoms with Gasteiger partial charge >= 0.3 is 0 Å². The Labute approximate surface area is 197 Å². The van der Waals surface area contributed by atoms with E-state index < -0.39 is 0 Å². The van der Waals surface area contributed by atoms with Crippen LogP contribution < -0.4 is 9.47 Å². The molecule has 2 atom stereocenters. The van der Waals surface area contributed by atoms with Crippen molar-refractivity contribution in [3.8, 4) is 11.5 Å². The van der Waals surface area contributed by atoms with Crippen LogP contribution in [0.2, 0.25) is 0 Å². The lowest BCUT2D eigenvalue weighted by Crippen LogP contribution is -2.51. The Morgan fingerprint density at radius 3 is 2.55 bits per heavy atom. The summed E-state index contributed by atoms with van der Waals surface area (Å²) < 4.78 is 17.3. The molecule has 0 radical (unpaired) electrons. The fraction of sp³-hybridized carbons (Fsp3) is 0.519. The molecule has 6 heteroatoms. The third-order valence-corrected chi connectivity index (χ3v) is 6.85. The van der Waals surface area contributed by atoms with Crippen LogP contribution in [0.25, 0.3) is 0 Å². The van der Waals surface area contributed by atoms with Crippen molar-refractivity contribution in [2.75, 3.05) is 40.5 Å². The average molecular weight is 453 g/mol. The summed E-state index contributed by atoms with van der Waals surface area (Å²) in [5, 5.41) is 0. The molecule has 2 aromatic carbocycles. The number of nitrogens with zero attached hydrogens (tertiary/aromatic N) is 2. The number of fused-ring (bicyclic) bond motifs is 2. The van der Waals surface area contributed by atoms with Gasteiger partial charge in [0.25, 0.3) is 5.91 Å². The molecule has 0 unspecified atom stereocenters. The normalized spacial score (nSPS) is 22.7. The molecule has 6 nitrogen and oxygen atoms in total. The van der Waals surface area contributed by atoms with Crippen LogP contribution in [0.3, 0.4) is 0 Å². The van der Waals surface area contributed by atoms with Crippen LogP contribution in [0.4, 0.5) is 0 Å². The number of ether oxygens (including phenoxy) is 3. The van der Waals surface area contributed by atoms with Gasteiger partial charge in [-0.15, -0.1) is 0 Å². The van der Waals surface area contributed by atoms with Gasteiger partial charge in [-0.3, -0.25) is 9.69 Å². The van der Waals surface area contributed by atoms with E-state index in [2.05, 4.69) is 17.0 Å². The summed E-state index contributed by atoms with van der Waals surface area (Å²) in [6.45, 7) is 3.99. The molecular formula is C27H36N2O4. The topological polar surface area (TPSA) is 51.2 Å². The van der Waals surface area contributed by atoms with E-state index in [0.29, 0.717) is 17.9 Å². The number of para-hydroxylation sites is 1. The molecule has 0 aliphatic carbocycles. The first-order valence-electron chi connectivity index (χ1n) is 12.1. The molecule has 2 heterocycles. The quantitative estimate of drug-likeness (QED) is 0.689. The zero-order chi connectivity index (χ0) is 23.0. The summed E-state index contributed by atoms with van der Waals surface area (Å²) in [5.41, 5.74) is 1.91. The predicted molar refractivity (Wildman–Crippen MR) is 129 cm³/mol. The van der Waals surface area contributed by atoms with Crippen molar-refractivity contribution in [1.82, 2.24) is 9.80 Å². The first-order chi connectivity index (χ1) is 16.2. The minimum atomic E-state index is 0.0617. The molecule has 1 amide bonds. The minimum absolute atomic E-state index is 0.0617. The number of carbonyl (C=O) groups excluding carboxylic acids is 1. The Hall–Kier alpha value is -2.57. The van der Waals surface area contributed by atoms with Crippen molar-refractivity contribution in [2.24, 2.45) is 0 Å². The van der Waals surface area contributed by atoms with Gasteiger partial charge in [0.2, 0.25) is 0 Å². The number of benzene rings is 2. The fourth-order valence-corrected chi connectivity index (χ4v) is 5.05. The van der Waals surface area contributed by atoms with Crippen LogP contribution in [-0.4, -0.2) is 68.3 Å². The number of amides is 1. The van der Waals surface area contributed by atoms with Crippen molar-refractivity contribution >= 4 is 5.91 Å². The lowest BCUT2D eigenvalue weighted by molar-refractivity contribution is -0.0155. The molecule has 1 saturated heterocycles. The molecule has 0 N–H and O–H groups in total. The van der Waals surface area contributed by atoms with E-state index in [1.807, 2.05) is 41.3 Å². The van der Waals surface area contributed by atoms with E-state index in [0.717, 1.165) is 64.0 Å². The van der Waals surface area contributed by atoms with E-state index in [1.165, 1.54) is 5.56 Å². The van der Waals surface area contributed by atoms with Crippen molar-refractivity contribution in [3.63, 3.8) is 0 Å². The van der Waals surface area contributed by atoms with Crippen LogP contribution in [-0.2, 0) is 11.3 Å². The van der Waals surface area contributed by atoms with Gasteiger partial charge in [0.15, 0.2) is 0 Å². The van der Waals surface area contributed by atoms with Gasteiger partial charge in [-0.25, -0.2) is 0 Å². The van der Waals surface area contributed by atoms with Crippen molar-refractivity contribution < 1.29 is 19.0 Å². The van der Waals surface area contributed by atoms with E-state index in [9.17, 15) is 4.79 Å². The molecule has 4 rings (SSSR count). The second kappa shape index (κ2) is 11.5. The smallest absolute Gasteiger partial charge is 0.257 e. The van der Waals surface area contributed by atoms with Crippen LogP contribution in [0.5, 0.6) is 11.5 Å². The highest BCUT2D eigenvalue weighted by atomic mass is 16.5. The standard InChI is InChI=1S/C27H36N2O4/c1-31-22-14-12-21(13-15-22)20-28-16-6-5-9-24-26(32-2)11-7-17-29(24)27(30)23-8-3-4-10-25(23)33-19-18-28/h3-4,8,10,12-15,24,26H,5-7,9,11,16-20H2,1-2H3/t24-,26-/m1/s1. The molecule has 2 aliphatic rings. The molecule has 33 heavy (non-hydrogen) atoms. The molecule has 0 saturated carbocycles. The maximum atomic E-state index is 13.6. The van der Waals surface area contributed by atoms with Gasteiger partial charge in [0.1, 0.15) is 18.1 Å². The summed E-state index contributed by atoms with van der Waals surface area (Å²) in [6.07, 6.45) is 5.18. The summed E-state index contributed by atoms with van der Waals surface area (Å²) in [6, 6.07) is 16.0. The lowest BCUT2D eigenvalue weighted by atomic mass is 9.93. The maximum absolute atomic E-state index is 13.6. The summed E-state index contributed by atoms with van der Waals surface area (Å²) in [4.78, 5) is 18.0. The van der Waals surface area contributed by atoms with Crippen LogP contribution >= 0.6 is 0 Å². The van der Waals surface area contributed by atoms with E-state index in [4.69, 9.17) is 14.2 Å². The zero-order valence-corrected chi connectivity index (χ0v) is 19.9. The molecule has 178 valence electrons. The van der Waals surface area contributed by atoms with E-state index >= 15 is 0 Å². The Bertz CT molecular complexity index is 901. The maximum Gasteiger partial charge on any atom is 0.257 e. The molecule has 0 spiro atoms. The highest BCUT2D eigenvalue weighted by Gasteiger charge is 2.35. The van der Waals surface area contributed by atoms with Gasteiger partial charge in [0.05, 0.1) is 24.8 Å². The highest BCUT2D eigenvalue weighted by Crippen LogP contribution is 2.29. The molecule has 0 aromatic heterocycles. The third-order valence-electron chi connectivity index (χ3n) is 6.85. The van der Waals surface area contributed by atoms with E-state index in [-0.39, 0.29) is 18.1 Å². The van der Waals surface area contributed by atoms with Gasteiger partial charge in [-0.05, 0) is 62.1 Å². The SMILES string of the molecule is COc1ccc(CN2CCCC[C@@H]3[C@H](OC)CCCN3C(=O)c3ccccc3OCC2)cc1. The first kappa shape index (κ1) is 23.6. The van der Waals surface area contributed by atoms with Gasteiger partial charge in [0, 0.05) is 26.7 Å². The Kier molecular flexibility index (Phi) is 8.24. The van der Waals surface area contributed by atoms with Crippen molar-refractivity contribution in [1.29, 1.82) is 0 Å². The number of hydrogen-bond acceptors (Lipinski definition) is 5. The third kappa shape index (κ3) is 5.87. The summed E-state index contributed by atoms with van der Waals surface area (Å²) in [7, 11) is 3.46. The summed E-state index contributed by atoms with van der Waals surface area (Å²) >= 11 is 0. The van der Waals surface area contributed by atoms with E-state index in [1.54, 1.807) is 14.2 Å². The Morgan fingerprint density at radius 2 is 1.76 bits per heavy atom. The number of hydrogen-bond donors (Lipinski definition) is 0. The molecule has 0 bridgehead atoms. The first-order valence-corrected chi connectivity index (χ1v) is 12.1. The second-order valence-corrected chi connectivity index (χ2v) is 8.95. The van der Waals surface area contributed by atoms with Crippen LogP contribution in [0.15, 0.2) is 48.5 Å². The molecule has 2 aromatic rings. The zero-order valence-electron chi connectivity index (χ0n) is 19.9. The monoisotopic (exact) mass is 452 g/mol. The van der Waals surface area contributed by atoms with Crippen molar-refractivity contribution in [2.45, 2.75) is 50.8 Å². The predicted octanol–water partition coefficient (Wildman–Crippen LogP) is 4.38. The van der Waals surface area contributed by atoms with Gasteiger partial charge in [-0.2, -0.15) is 0 Å². The highest BCUT2D eigenvalue weighted by molar-refractivity contribution is 5.97. The van der Waals surface area contributed by atoms with Crippen LogP contribution in [0, 0.1) is 0 Å².